The zero-order valence-electron chi connectivity index (χ0n) is 11.2. The monoisotopic (exact) mass is 270 g/mol. The summed E-state index contributed by atoms with van der Waals surface area (Å²) >= 11 is 0. The number of rotatable bonds is 4. The number of aromatic nitrogens is 3. The molecule has 3 rings (SSSR count). The summed E-state index contributed by atoms with van der Waals surface area (Å²) in [6.07, 6.45) is 1.85. The normalized spacial score (nSPS) is 10.9. The number of fused-ring (bicyclic) bond motifs is 1. The van der Waals surface area contributed by atoms with Gasteiger partial charge in [0.05, 0.1) is 6.20 Å². The molecule has 0 unspecified atom stereocenters. The standard InChI is InChI=1S/C15H15FN4/c1-2-20-10-15(18-19-20)17-9-11-7-8-14(16)13-6-4-3-5-12(11)13/h3-8,10,17H,2,9H2,1H3. The van der Waals surface area contributed by atoms with Crippen LogP contribution in [0, 0.1) is 5.82 Å². The third-order valence-electron chi connectivity index (χ3n) is 3.28. The lowest BCUT2D eigenvalue weighted by Crippen LogP contribution is -2.01. The van der Waals surface area contributed by atoms with Crippen LogP contribution in [0.15, 0.2) is 42.6 Å². The molecular formula is C15H15FN4. The van der Waals surface area contributed by atoms with Gasteiger partial charge in [0.2, 0.25) is 0 Å². The van der Waals surface area contributed by atoms with Gasteiger partial charge in [0, 0.05) is 18.5 Å². The minimum atomic E-state index is -0.193. The van der Waals surface area contributed by atoms with Gasteiger partial charge in [-0.1, -0.05) is 35.5 Å². The van der Waals surface area contributed by atoms with Gasteiger partial charge in [-0.15, -0.1) is 5.10 Å². The Hall–Kier alpha value is -2.43. The van der Waals surface area contributed by atoms with E-state index in [1.807, 2.05) is 31.3 Å². The first kappa shape index (κ1) is 12.6. The van der Waals surface area contributed by atoms with Crippen LogP contribution in [-0.4, -0.2) is 15.0 Å². The Labute approximate surface area is 116 Å². The van der Waals surface area contributed by atoms with Crippen LogP contribution in [0.3, 0.4) is 0 Å². The van der Waals surface area contributed by atoms with Gasteiger partial charge >= 0.3 is 0 Å². The van der Waals surface area contributed by atoms with Crippen LogP contribution in [0.2, 0.25) is 0 Å². The van der Waals surface area contributed by atoms with Gasteiger partial charge in [-0.2, -0.15) is 0 Å². The van der Waals surface area contributed by atoms with Crippen LogP contribution < -0.4 is 5.32 Å². The fourth-order valence-corrected chi connectivity index (χ4v) is 2.20. The number of hydrogen-bond donors (Lipinski definition) is 1. The number of halogens is 1. The SMILES string of the molecule is CCn1cc(NCc2ccc(F)c3ccccc23)nn1. The van der Waals surface area contributed by atoms with Gasteiger partial charge in [-0.25, -0.2) is 4.39 Å². The first-order chi connectivity index (χ1) is 9.78. The van der Waals surface area contributed by atoms with Crippen molar-refractivity contribution >= 4 is 16.6 Å². The molecule has 0 atom stereocenters. The summed E-state index contributed by atoms with van der Waals surface area (Å²) in [4.78, 5) is 0. The molecule has 2 aromatic carbocycles. The van der Waals surface area contributed by atoms with Crippen molar-refractivity contribution in [3.05, 3.63) is 54.0 Å². The van der Waals surface area contributed by atoms with E-state index < -0.39 is 0 Å². The third-order valence-corrected chi connectivity index (χ3v) is 3.28. The van der Waals surface area contributed by atoms with E-state index in [9.17, 15) is 4.39 Å². The number of anilines is 1. The summed E-state index contributed by atoms with van der Waals surface area (Å²) in [5.74, 6) is 0.529. The molecule has 0 fully saturated rings. The molecule has 1 aromatic heterocycles. The second kappa shape index (κ2) is 5.28. The van der Waals surface area contributed by atoms with E-state index in [0.29, 0.717) is 11.9 Å². The predicted molar refractivity (Wildman–Crippen MR) is 76.9 cm³/mol. The molecule has 102 valence electrons. The molecule has 0 radical (unpaired) electrons. The van der Waals surface area contributed by atoms with Crippen LogP contribution >= 0.6 is 0 Å². The highest BCUT2D eigenvalue weighted by atomic mass is 19.1. The molecule has 0 aliphatic rings. The largest absolute Gasteiger partial charge is 0.363 e. The van der Waals surface area contributed by atoms with Gasteiger partial charge in [-0.3, -0.25) is 4.68 Å². The minimum absolute atomic E-state index is 0.193. The molecule has 0 aliphatic carbocycles. The maximum atomic E-state index is 13.7. The average Bonchev–Trinajstić information content (AvgIpc) is 2.95. The fraction of sp³-hybridized carbons (Fsp3) is 0.200. The molecule has 1 heterocycles. The van der Waals surface area contributed by atoms with Crippen molar-refractivity contribution in [2.24, 2.45) is 0 Å². The lowest BCUT2D eigenvalue weighted by atomic mass is 10.0. The minimum Gasteiger partial charge on any atom is -0.363 e. The number of nitrogens with zero attached hydrogens (tertiary/aromatic N) is 3. The van der Waals surface area contributed by atoms with Crippen molar-refractivity contribution in [2.75, 3.05) is 5.32 Å². The van der Waals surface area contributed by atoms with Crippen molar-refractivity contribution in [3.63, 3.8) is 0 Å². The van der Waals surface area contributed by atoms with E-state index in [1.54, 1.807) is 16.8 Å². The molecule has 4 nitrogen and oxygen atoms in total. The van der Waals surface area contributed by atoms with Gasteiger partial charge in [0.1, 0.15) is 5.82 Å². The molecule has 0 amide bonds. The molecule has 20 heavy (non-hydrogen) atoms. The Morgan fingerprint density at radius 1 is 1.15 bits per heavy atom. The average molecular weight is 270 g/mol. The van der Waals surface area contributed by atoms with E-state index in [4.69, 9.17) is 0 Å². The van der Waals surface area contributed by atoms with Crippen LogP contribution in [0.5, 0.6) is 0 Å². The topological polar surface area (TPSA) is 42.7 Å². The predicted octanol–water partition coefficient (Wildman–Crippen LogP) is 3.20. The third kappa shape index (κ3) is 2.34. The van der Waals surface area contributed by atoms with Crippen LogP contribution in [0.25, 0.3) is 10.8 Å². The number of benzene rings is 2. The second-order valence-electron chi connectivity index (χ2n) is 4.57. The van der Waals surface area contributed by atoms with Crippen LogP contribution in [0.1, 0.15) is 12.5 Å². The molecule has 0 bridgehead atoms. The summed E-state index contributed by atoms with van der Waals surface area (Å²) < 4.78 is 15.5. The highest BCUT2D eigenvalue weighted by Gasteiger charge is 2.06. The molecule has 0 aliphatic heterocycles. The van der Waals surface area contributed by atoms with Crippen LogP contribution in [0.4, 0.5) is 10.2 Å². The molecule has 0 saturated heterocycles. The smallest absolute Gasteiger partial charge is 0.168 e. The summed E-state index contributed by atoms with van der Waals surface area (Å²) in [5, 5.41) is 12.8. The number of hydrogen-bond acceptors (Lipinski definition) is 3. The lowest BCUT2D eigenvalue weighted by Gasteiger charge is -2.08. The van der Waals surface area contributed by atoms with Crippen molar-refractivity contribution in [2.45, 2.75) is 20.0 Å². The first-order valence-electron chi connectivity index (χ1n) is 6.58. The van der Waals surface area contributed by atoms with Crippen LogP contribution in [-0.2, 0) is 13.1 Å². The fourth-order valence-electron chi connectivity index (χ4n) is 2.20. The Bertz CT molecular complexity index is 736. The Morgan fingerprint density at radius 2 is 1.95 bits per heavy atom. The molecule has 1 N–H and O–H groups in total. The zero-order chi connectivity index (χ0) is 13.9. The van der Waals surface area contributed by atoms with E-state index >= 15 is 0 Å². The van der Waals surface area contributed by atoms with Crippen molar-refractivity contribution < 1.29 is 4.39 Å². The van der Waals surface area contributed by atoms with Gasteiger partial charge < -0.3 is 5.32 Å². The Morgan fingerprint density at radius 3 is 2.70 bits per heavy atom. The zero-order valence-corrected chi connectivity index (χ0v) is 11.2. The van der Waals surface area contributed by atoms with Crippen molar-refractivity contribution in [1.29, 1.82) is 0 Å². The molecule has 0 saturated carbocycles. The van der Waals surface area contributed by atoms with E-state index in [1.165, 1.54) is 6.07 Å². The van der Waals surface area contributed by atoms with E-state index in [2.05, 4.69) is 15.6 Å². The Balaban J connectivity index is 1.86. The maximum absolute atomic E-state index is 13.7. The van der Waals surface area contributed by atoms with Gasteiger partial charge in [0.15, 0.2) is 5.82 Å². The molecule has 3 aromatic rings. The summed E-state index contributed by atoms with van der Waals surface area (Å²) in [6.45, 7) is 3.38. The van der Waals surface area contributed by atoms with Crippen molar-refractivity contribution in [3.8, 4) is 0 Å². The molecule has 0 spiro atoms. The first-order valence-corrected chi connectivity index (χ1v) is 6.58. The van der Waals surface area contributed by atoms with E-state index in [0.717, 1.165) is 23.3 Å². The summed E-state index contributed by atoms with van der Waals surface area (Å²) in [5.41, 5.74) is 1.04. The number of aryl methyl sites for hydroxylation is 1. The summed E-state index contributed by atoms with van der Waals surface area (Å²) in [6, 6.07) is 10.8. The highest BCUT2D eigenvalue weighted by molar-refractivity contribution is 5.86. The second-order valence-corrected chi connectivity index (χ2v) is 4.57. The summed E-state index contributed by atoms with van der Waals surface area (Å²) in [7, 11) is 0. The van der Waals surface area contributed by atoms with Gasteiger partial charge in [0.25, 0.3) is 0 Å². The van der Waals surface area contributed by atoms with E-state index in [-0.39, 0.29) is 5.82 Å². The van der Waals surface area contributed by atoms with Crippen molar-refractivity contribution in [1.82, 2.24) is 15.0 Å². The lowest BCUT2D eigenvalue weighted by molar-refractivity contribution is 0.627. The van der Waals surface area contributed by atoms with Gasteiger partial charge in [-0.05, 0) is 23.9 Å². The molecular weight excluding hydrogens is 255 g/mol. The maximum Gasteiger partial charge on any atom is 0.168 e. The molecule has 5 heteroatoms. The number of nitrogens with one attached hydrogen (secondary N) is 1. The quantitative estimate of drug-likeness (QED) is 0.791. The Kier molecular flexibility index (Phi) is 3.33. The highest BCUT2D eigenvalue weighted by Crippen LogP contribution is 2.22.